The topological polar surface area (TPSA) is 17.1 Å². The molecule has 1 saturated carbocycles. The number of hydrogen-bond donors (Lipinski definition) is 0. The fraction of sp³-hybridized carbons (Fsp3) is 0.875. The Labute approximate surface area is 157 Å². The number of rotatable bonds is 5. The van der Waals surface area contributed by atoms with Gasteiger partial charge in [0.25, 0.3) is 0 Å². The van der Waals surface area contributed by atoms with Gasteiger partial charge in [0.05, 0.1) is 0 Å². The Balaban J connectivity index is 2.57. The summed E-state index contributed by atoms with van der Waals surface area (Å²) >= 11 is 0. The van der Waals surface area contributed by atoms with Crippen molar-refractivity contribution in [2.24, 2.45) is 40.4 Å². The SMILES string of the molecule is CC(C)CC1CC(C)(CC(C)C)CC2=C(C(C)C)C(=O)CC(C)(C)C21. The Bertz CT molecular complexity index is 534. The fourth-order valence-electron chi connectivity index (χ4n) is 6.51. The molecule has 2 rings (SSSR count). The van der Waals surface area contributed by atoms with Crippen molar-refractivity contribution in [3.05, 3.63) is 11.1 Å². The third kappa shape index (κ3) is 4.40. The number of allylic oxidation sites excluding steroid dienone is 2. The van der Waals surface area contributed by atoms with Gasteiger partial charge in [-0.25, -0.2) is 0 Å². The van der Waals surface area contributed by atoms with E-state index in [0.717, 1.165) is 30.6 Å². The first-order valence-corrected chi connectivity index (χ1v) is 10.6. The highest BCUT2D eigenvalue weighted by molar-refractivity contribution is 5.98. The van der Waals surface area contributed by atoms with Gasteiger partial charge in [-0.3, -0.25) is 4.79 Å². The molecule has 0 aromatic carbocycles. The van der Waals surface area contributed by atoms with E-state index in [1.165, 1.54) is 24.8 Å². The zero-order valence-corrected chi connectivity index (χ0v) is 18.3. The molecule has 3 unspecified atom stereocenters. The second-order valence-electron chi connectivity index (χ2n) is 11.3. The van der Waals surface area contributed by atoms with E-state index in [0.29, 0.717) is 23.0 Å². The van der Waals surface area contributed by atoms with Crippen LogP contribution in [0, 0.1) is 40.4 Å². The van der Waals surface area contributed by atoms with Crippen LogP contribution in [0.1, 0.15) is 94.4 Å². The molecule has 1 fully saturated rings. The first kappa shape index (κ1) is 20.7. The molecule has 0 spiro atoms. The number of fused-ring (bicyclic) bond motifs is 1. The van der Waals surface area contributed by atoms with Gasteiger partial charge in [-0.15, -0.1) is 0 Å². The quantitative estimate of drug-likeness (QED) is 0.520. The summed E-state index contributed by atoms with van der Waals surface area (Å²) in [5, 5.41) is 0. The van der Waals surface area contributed by atoms with Gasteiger partial charge in [0, 0.05) is 6.42 Å². The van der Waals surface area contributed by atoms with E-state index in [9.17, 15) is 4.79 Å². The molecule has 0 heterocycles. The van der Waals surface area contributed by atoms with Crippen molar-refractivity contribution in [1.82, 2.24) is 0 Å². The first-order chi connectivity index (χ1) is 11.4. The molecule has 0 aliphatic heterocycles. The van der Waals surface area contributed by atoms with Crippen molar-refractivity contribution >= 4 is 5.78 Å². The summed E-state index contributed by atoms with van der Waals surface area (Å²) in [5.74, 6) is 3.57. The summed E-state index contributed by atoms with van der Waals surface area (Å²) < 4.78 is 0. The maximum Gasteiger partial charge on any atom is 0.159 e. The number of hydrogen-bond acceptors (Lipinski definition) is 1. The van der Waals surface area contributed by atoms with E-state index < -0.39 is 0 Å². The minimum atomic E-state index is 0.115. The van der Waals surface area contributed by atoms with Crippen LogP contribution in [0.25, 0.3) is 0 Å². The summed E-state index contributed by atoms with van der Waals surface area (Å²) in [5.41, 5.74) is 3.22. The predicted molar refractivity (Wildman–Crippen MR) is 109 cm³/mol. The van der Waals surface area contributed by atoms with Crippen LogP contribution in [0.3, 0.4) is 0 Å². The van der Waals surface area contributed by atoms with Crippen LogP contribution in [0.5, 0.6) is 0 Å². The van der Waals surface area contributed by atoms with E-state index in [4.69, 9.17) is 0 Å². The normalized spacial score (nSPS) is 32.7. The van der Waals surface area contributed by atoms with E-state index >= 15 is 0 Å². The van der Waals surface area contributed by atoms with Crippen molar-refractivity contribution in [3.63, 3.8) is 0 Å². The summed E-state index contributed by atoms with van der Waals surface area (Å²) in [7, 11) is 0. The average molecular weight is 347 g/mol. The molecule has 144 valence electrons. The van der Waals surface area contributed by atoms with Crippen LogP contribution in [0.2, 0.25) is 0 Å². The van der Waals surface area contributed by atoms with E-state index in [2.05, 4.69) is 62.3 Å². The summed E-state index contributed by atoms with van der Waals surface area (Å²) in [6.07, 6.45) is 5.79. The summed E-state index contributed by atoms with van der Waals surface area (Å²) in [6, 6.07) is 0. The van der Waals surface area contributed by atoms with Gasteiger partial charge in [-0.1, -0.05) is 67.9 Å². The molecule has 0 aromatic heterocycles. The van der Waals surface area contributed by atoms with Crippen molar-refractivity contribution in [1.29, 1.82) is 0 Å². The molecule has 2 aliphatic carbocycles. The molecule has 2 aliphatic rings. The third-order valence-corrected chi connectivity index (χ3v) is 6.58. The second kappa shape index (κ2) is 7.20. The minimum absolute atomic E-state index is 0.115. The lowest BCUT2D eigenvalue weighted by Gasteiger charge is -2.54. The van der Waals surface area contributed by atoms with Gasteiger partial charge in [0.2, 0.25) is 0 Å². The first-order valence-electron chi connectivity index (χ1n) is 10.6. The molecule has 0 N–H and O–H groups in total. The van der Waals surface area contributed by atoms with Crippen molar-refractivity contribution in [3.8, 4) is 0 Å². The monoisotopic (exact) mass is 346 g/mol. The van der Waals surface area contributed by atoms with E-state index in [1.807, 2.05) is 0 Å². The zero-order valence-electron chi connectivity index (χ0n) is 18.3. The predicted octanol–water partition coefficient (Wildman–Crippen LogP) is 7.06. The molecule has 0 radical (unpaired) electrons. The molecule has 0 aromatic rings. The fourth-order valence-corrected chi connectivity index (χ4v) is 6.51. The number of Topliss-reactive ketones (excluding diaryl/α,β-unsaturated/α-hetero) is 1. The lowest BCUT2D eigenvalue weighted by atomic mass is 9.50. The lowest BCUT2D eigenvalue weighted by Crippen LogP contribution is -2.46. The molecular weight excluding hydrogens is 304 g/mol. The Morgan fingerprint density at radius 1 is 0.960 bits per heavy atom. The standard InChI is InChI=1S/C24H42O/c1-15(2)10-18-12-24(9,11-16(3)4)13-19-21(17(5)6)20(25)14-23(7,8)22(18)19/h15-18,22H,10-14H2,1-9H3. The smallest absolute Gasteiger partial charge is 0.159 e. The van der Waals surface area contributed by atoms with Gasteiger partial charge in [0.1, 0.15) is 0 Å². The van der Waals surface area contributed by atoms with Crippen molar-refractivity contribution < 1.29 is 4.79 Å². The highest BCUT2D eigenvalue weighted by Gasteiger charge is 2.51. The molecule has 0 bridgehead atoms. The Morgan fingerprint density at radius 3 is 2.04 bits per heavy atom. The number of carbonyl (C=O) groups excluding carboxylic acids is 1. The van der Waals surface area contributed by atoms with Crippen molar-refractivity contribution in [2.45, 2.75) is 94.4 Å². The van der Waals surface area contributed by atoms with Gasteiger partial charge < -0.3 is 0 Å². The lowest BCUT2D eigenvalue weighted by molar-refractivity contribution is -0.120. The Morgan fingerprint density at radius 2 is 1.56 bits per heavy atom. The highest BCUT2D eigenvalue weighted by atomic mass is 16.1. The van der Waals surface area contributed by atoms with Crippen LogP contribution >= 0.6 is 0 Å². The Kier molecular flexibility index (Phi) is 5.97. The van der Waals surface area contributed by atoms with E-state index in [-0.39, 0.29) is 5.41 Å². The molecule has 0 amide bonds. The largest absolute Gasteiger partial charge is 0.295 e. The maximum absolute atomic E-state index is 13.0. The van der Waals surface area contributed by atoms with Crippen LogP contribution in [0.4, 0.5) is 0 Å². The summed E-state index contributed by atoms with van der Waals surface area (Å²) in [6.45, 7) is 21.1. The zero-order chi connectivity index (χ0) is 19.2. The minimum Gasteiger partial charge on any atom is -0.295 e. The van der Waals surface area contributed by atoms with Crippen LogP contribution in [-0.2, 0) is 4.79 Å². The average Bonchev–Trinajstić information content (AvgIpc) is 2.32. The summed E-state index contributed by atoms with van der Waals surface area (Å²) in [4.78, 5) is 13.0. The van der Waals surface area contributed by atoms with Gasteiger partial charge in [-0.05, 0) is 71.7 Å². The number of carbonyl (C=O) groups is 1. The van der Waals surface area contributed by atoms with Crippen molar-refractivity contribution in [2.75, 3.05) is 0 Å². The maximum atomic E-state index is 13.0. The molecule has 1 nitrogen and oxygen atoms in total. The second-order valence-corrected chi connectivity index (χ2v) is 11.3. The molecule has 25 heavy (non-hydrogen) atoms. The molecule has 1 heteroatoms. The highest BCUT2D eigenvalue weighted by Crippen LogP contribution is 2.59. The van der Waals surface area contributed by atoms with Gasteiger partial charge >= 0.3 is 0 Å². The Hall–Kier alpha value is -0.590. The van der Waals surface area contributed by atoms with Gasteiger partial charge in [0.15, 0.2) is 5.78 Å². The van der Waals surface area contributed by atoms with Crippen LogP contribution in [0.15, 0.2) is 11.1 Å². The molecular formula is C24H42O. The van der Waals surface area contributed by atoms with E-state index in [1.54, 1.807) is 5.57 Å². The molecule has 0 saturated heterocycles. The molecule has 3 atom stereocenters. The van der Waals surface area contributed by atoms with Crippen LogP contribution in [-0.4, -0.2) is 5.78 Å². The van der Waals surface area contributed by atoms with Gasteiger partial charge in [-0.2, -0.15) is 0 Å². The third-order valence-electron chi connectivity index (χ3n) is 6.58. The van der Waals surface area contributed by atoms with Crippen LogP contribution < -0.4 is 0 Å². The number of ketones is 1.